The summed E-state index contributed by atoms with van der Waals surface area (Å²) in [5.41, 5.74) is 9.09. The monoisotopic (exact) mass is 511 g/mol. The van der Waals surface area contributed by atoms with Gasteiger partial charge in [0.05, 0.1) is 33.1 Å². The standard InChI is InChI=1S/C36H21N3O/c1-3-9-30-26(7-1)27-18-20-32-33(28-8-2-4-10-31(28)40-32)36(27)39(30)25-16-13-22(14-17-25)29-19-15-24-12-11-23-6-5-21-37-34(23)35(24)38-29/h1-21H. The Labute approximate surface area is 228 Å². The van der Waals surface area contributed by atoms with Crippen LogP contribution < -0.4 is 0 Å². The Morgan fingerprint density at radius 3 is 2.23 bits per heavy atom. The van der Waals surface area contributed by atoms with E-state index in [1.165, 1.54) is 16.3 Å². The van der Waals surface area contributed by atoms with E-state index < -0.39 is 0 Å². The number of nitrogens with zero attached hydrogens (tertiary/aromatic N) is 3. The second-order valence-corrected chi connectivity index (χ2v) is 10.2. The molecule has 0 aliphatic carbocycles. The summed E-state index contributed by atoms with van der Waals surface area (Å²) >= 11 is 0. The average molecular weight is 512 g/mol. The highest BCUT2D eigenvalue weighted by Crippen LogP contribution is 2.40. The number of hydrogen-bond donors (Lipinski definition) is 0. The van der Waals surface area contributed by atoms with Crippen molar-refractivity contribution in [1.82, 2.24) is 14.5 Å². The molecule has 4 aromatic heterocycles. The molecule has 0 bridgehead atoms. The molecule has 4 nitrogen and oxygen atoms in total. The molecule has 0 aliphatic rings. The number of aromatic nitrogens is 3. The summed E-state index contributed by atoms with van der Waals surface area (Å²) in [5.74, 6) is 0. The second kappa shape index (κ2) is 8.01. The molecule has 0 saturated heterocycles. The summed E-state index contributed by atoms with van der Waals surface area (Å²) in [6, 6.07) is 42.4. The number of fused-ring (bicyclic) bond motifs is 10. The van der Waals surface area contributed by atoms with Gasteiger partial charge >= 0.3 is 0 Å². The molecule has 0 saturated carbocycles. The minimum Gasteiger partial charge on any atom is -0.456 e. The number of para-hydroxylation sites is 2. The number of benzene rings is 5. The average Bonchev–Trinajstić information content (AvgIpc) is 3.56. The van der Waals surface area contributed by atoms with Crippen molar-refractivity contribution < 1.29 is 4.42 Å². The lowest BCUT2D eigenvalue weighted by atomic mass is 10.1. The predicted molar refractivity (Wildman–Crippen MR) is 164 cm³/mol. The quantitative estimate of drug-likeness (QED) is 0.217. The summed E-state index contributed by atoms with van der Waals surface area (Å²) in [7, 11) is 0. The highest BCUT2D eigenvalue weighted by Gasteiger charge is 2.18. The van der Waals surface area contributed by atoms with Gasteiger partial charge in [0.1, 0.15) is 11.2 Å². The van der Waals surface area contributed by atoms with E-state index in [2.05, 4.69) is 113 Å². The lowest BCUT2D eigenvalue weighted by Crippen LogP contribution is -1.95. The smallest absolute Gasteiger partial charge is 0.137 e. The highest BCUT2D eigenvalue weighted by atomic mass is 16.3. The van der Waals surface area contributed by atoms with Crippen LogP contribution in [-0.2, 0) is 0 Å². The van der Waals surface area contributed by atoms with Gasteiger partial charge in [0.2, 0.25) is 0 Å². The maximum absolute atomic E-state index is 6.26. The van der Waals surface area contributed by atoms with Crippen molar-refractivity contribution in [3.8, 4) is 16.9 Å². The topological polar surface area (TPSA) is 43.9 Å². The van der Waals surface area contributed by atoms with Gasteiger partial charge in [-0.25, -0.2) is 4.98 Å². The van der Waals surface area contributed by atoms with Gasteiger partial charge in [0.15, 0.2) is 0 Å². The van der Waals surface area contributed by atoms with E-state index in [-0.39, 0.29) is 0 Å². The molecule has 40 heavy (non-hydrogen) atoms. The molecule has 4 heterocycles. The molecule has 0 radical (unpaired) electrons. The summed E-state index contributed by atoms with van der Waals surface area (Å²) in [5, 5.41) is 6.90. The lowest BCUT2D eigenvalue weighted by molar-refractivity contribution is 0.669. The van der Waals surface area contributed by atoms with Crippen LogP contribution in [0.3, 0.4) is 0 Å². The van der Waals surface area contributed by atoms with Crippen LogP contribution in [0, 0.1) is 0 Å². The van der Waals surface area contributed by atoms with Crippen molar-refractivity contribution in [1.29, 1.82) is 0 Å². The van der Waals surface area contributed by atoms with E-state index in [0.29, 0.717) is 0 Å². The molecule has 0 amide bonds. The van der Waals surface area contributed by atoms with Crippen LogP contribution in [-0.4, -0.2) is 14.5 Å². The van der Waals surface area contributed by atoms with Gasteiger partial charge in [0, 0.05) is 44.4 Å². The molecular formula is C36H21N3O. The third-order valence-electron chi connectivity index (χ3n) is 8.03. The fraction of sp³-hybridized carbons (Fsp3) is 0. The zero-order valence-corrected chi connectivity index (χ0v) is 21.4. The summed E-state index contributed by atoms with van der Waals surface area (Å²) in [4.78, 5) is 9.67. The van der Waals surface area contributed by atoms with E-state index >= 15 is 0 Å². The fourth-order valence-electron chi connectivity index (χ4n) is 6.20. The van der Waals surface area contributed by atoms with Crippen molar-refractivity contribution in [3.05, 3.63) is 128 Å². The first-order chi connectivity index (χ1) is 19.8. The number of hydrogen-bond acceptors (Lipinski definition) is 3. The number of furan rings is 1. The third kappa shape index (κ3) is 2.96. The molecular weight excluding hydrogens is 490 g/mol. The predicted octanol–water partition coefficient (Wildman–Crippen LogP) is 9.45. The van der Waals surface area contributed by atoms with Crippen LogP contribution in [0.4, 0.5) is 0 Å². The van der Waals surface area contributed by atoms with E-state index in [9.17, 15) is 0 Å². The Bertz CT molecular complexity index is 2430. The van der Waals surface area contributed by atoms with Crippen molar-refractivity contribution in [2.45, 2.75) is 0 Å². The van der Waals surface area contributed by atoms with Crippen molar-refractivity contribution in [2.24, 2.45) is 0 Å². The minimum absolute atomic E-state index is 0.899. The van der Waals surface area contributed by atoms with Crippen LogP contribution in [0.25, 0.3) is 82.5 Å². The first kappa shape index (κ1) is 21.5. The largest absolute Gasteiger partial charge is 0.456 e. The van der Waals surface area contributed by atoms with Crippen molar-refractivity contribution >= 4 is 65.6 Å². The van der Waals surface area contributed by atoms with Crippen LogP contribution in [0.1, 0.15) is 0 Å². The molecule has 0 N–H and O–H groups in total. The Morgan fingerprint density at radius 1 is 0.550 bits per heavy atom. The Morgan fingerprint density at radius 2 is 1.32 bits per heavy atom. The maximum atomic E-state index is 6.26. The van der Waals surface area contributed by atoms with Gasteiger partial charge in [-0.2, -0.15) is 0 Å². The molecule has 0 fully saturated rings. The normalized spacial score (nSPS) is 12.0. The van der Waals surface area contributed by atoms with Crippen LogP contribution in [0.5, 0.6) is 0 Å². The summed E-state index contributed by atoms with van der Waals surface area (Å²) in [6.07, 6.45) is 1.83. The first-order valence-corrected chi connectivity index (χ1v) is 13.4. The molecule has 9 aromatic rings. The van der Waals surface area contributed by atoms with Gasteiger partial charge in [0.25, 0.3) is 0 Å². The maximum Gasteiger partial charge on any atom is 0.137 e. The van der Waals surface area contributed by atoms with Gasteiger partial charge < -0.3 is 8.98 Å². The molecule has 186 valence electrons. The summed E-state index contributed by atoms with van der Waals surface area (Å²) < 4.78 is 8.63. The summed E-state index contributed by atoms with van der Waals surface area (Å²) in [6.45, 7) is 0. The van der Waals surface area contributed by atoms with Crippen molar-refractivity contribution in [3.63, 3.8) is 0 Å². The Hall–Kier alpha value is -5.48. The third-order valence-corrected chi connectivity index (χ3v) is 8.03. The van der Waals surface area contributed by atoms with Crippen LogP contribution in [0.2, 0.25) is 0 Å². The molecule has 0 aliphatic heterocycles. The molecule has 4 heteroatoms. The van der Waals surface area contributed by atoms with Gasteiger partial charge in [-0.15, -0.1) is 0 Å². The zero-order valence-electron chi connectivity index (χ0n) is 21.4. The molecule has 9 rings (SSSR count). The van der Waals surface area contributed by atoms with E-state index in [0.717, 1.165) is 66.2 Å². The number of rotatable bonds is 2. The second-order valence-electron chi connectivity index (χ2n) is 10.2. The molecule has 5 aromatic carbocycles. The Balaban J connectivity index is 1.27. The van der Waals surface area contributed by atoms with Gasteiger partial charge in [-0.1, -0.05) is 72.8 Å². The highest BCUT2D eigenvalue weighted by molar-refractivity contribution is 6.24. The van der Waals surface area contributed by atoms with Crippen LogP contribution in [0.15, 0.2) is 132 Å². The Kier molecular flexibility index (Phi) is 4.30. The number of pyridine rings is 2. The minimum atomic E-state index is 0.899. The van der Waals surface area contributed by atoms with E-state index in [1.54, 1.807) is 0 Å². The lowest BCUT2D eigenvalue weighted by Gasteiger charge is -2.10. The molecule has 0 atom stereocenters. The van der Waals surface area contributed by atoms with Gasteiger partial charge in [-0.3, -0.25) is 4.98 Å². The first-order valence-electron chi connectivity index (χ1n) is 13.4. The van der Waals surface area contributed by atoms with E-state index in [4.69, 9.17) is 9.40 Å². The molecule has 0 unspecified atom stereocenters. The fourth-order valence-corrected chi connectivity index (χ4v) is 6.20. The van der Waals surface area contributed by atoms with Crippen molar-refractivity contribution in [2.75, 3.05) is 0 Å². The van der Waals surface area contributed by atoms with Gasteiger partial charge in [-0.05, 0) is 48.5 Å². The SMILES string of the molecule is c1cnc2c(c1)ccc1ccc(-c3ccc(-n4c5ccccc5c5ccc6oc7ccccc7c6c54)cc3)nc12. The van der Waals surface area contributed by atoms with E-state index in [1.807, 2.05) is 24.4 Å². The zero-order chi connectivity index (χ0) is 26.2. The molecule has 0 spiro atoms. The van der Waals surface area contributed by atoms with Crippen LogP contribution >= 0.6 is 0 Å².